The fourth-order valence-electron chi connectivity index (χ4n) is 10.6. The van der Waals surface area contributed by atoms with Gasteiger partial charge in [-0.05, 0) is 57.8 Å². The van der Waals surface area contributed by atoms with E-state index in [9.17, 15) is 19.8 Å². The van der Waals surface area contributed by atoms with Crippen LogP contribution in [0, 0.1) is 0 Å². The van der Waals surface area contributed by atoms with Gasteiger partial charge in [-0.3, -0.25) is 9.59 Å². The van der Waals surface area contributed by atoms with Gasteiger partial charge in [0.1, 0.15) is 0 Å². The highest BCUT2D eigenvalue weighted by atomic mass is 16.5. The van der Waals surface area contributed by atoms with E-state index in [1.165, 1.54) is 289 Å². The average molecular weight is 1040 g/mol. The number of amides is 1. The number of ether oxygens (including phenoxy) is 1. The molecule has 0 aliphatic carbocycles. The van der Waals surface area contributed by atoms with Gasteiger partial charge in [-0.2, -0.15) is 0 Å². The monoisotopic (exact) mass is 1040 g/mol. The van der Waals surface area contributed by atoms with Gasteiger partial charge in [0.15, 0.2) is 0 Å². The number of aliphatic hydroxyl groups is 2. The Morgan fingerprint density at radius 1 is 0.378 bits per heavy atom. The second kappa shape index (κ2) is 63.9. The average Bonchev–Trinajstić information content (AvgIpc) is 3.40. The third-order valence-electron chi connectivity index (χ3n) is 15.8. The summed E-state index contributed by atoms with van der Waals surface area (Å²) in [5.74, 6) is -0.0469. The second-order valence-corrected chi connectivity index (χ2v) is 23.2. The van der Waals surface area contributed by atoms with E-state index in [4.69, 9.17) is 4.74 Å². The van der Waals surface area contributed by atoms with E-state index >= 15 is 0 Å². The van der Waals surface area contributed by atoms with Crippen molar-refractivity contribution in [1.29, 1.82) is 0 Å². The molecule has 3 N–H and O–H groups in total. The van der Waals surface area contributed by atoms with E-state index in [2.05, 4.69) is 43.5 Å². The van der Waals surface area contributed by atoms with Gasteiger partial charge in [0, 0.05) is 12.8 Å². The van der Waals surface area contributed by atoms with Crippen molar-refractivity contribution in [3.05, 3.63) is 24.3 Å². The molecule has 2 atom stereocenters. The molecular formula is C68H131NO5. The lowest BCUT2D eigenvalue weighted by molar-refractivity contribution is -0.143. The number of allylic oxidation sites excluding steroid dienone is 4. The SMILES string of the molecule is CCCCCC/C=C\C/C=C\CCCCCCCC(=O)OCCCCCCCCCCCCCCCCCCC(=O)NC(CO)C(O)CCCCCCCCCCCCCCCCCCCCCCCCCCC. The molecule has 0 saturated carbocycles. The van der Waals surface area contributed by atoms with Gasteiger partial charge in [-0.1, -0.05) is 327 Å². The first-order valence-corrected chi connectivity index (χ1v) is 33.6. The molecule has 0 aliphatic rings. The molecule has 0 radical (unpaired) electrons. The molecule has 1 amide bonds. The highest BCUT2D eigenvalue weighted by Gasteiger charge is 2.20. The normalized spacial score (nSPS) is 12.6. The maximum absolute atomic E-state index is 12.5. The number of hydrogen-bond acceptors (Lipinski definition) is 5. The first-order valence-electron chi connectivity index (χ1n) is 33.6. The van der Waals surface area contributed by atoms with Crippen molar-refractivity contribution in [2.45, 2.75) is 386 Å². The zero-order valence-corrected chi connectivity index (χ0v) is 50.1. The smallest absolute Gasteiger partial charge is 0.305 e. The van der Waals surface area contributed by atoms with Gasteiger partial charge < -0.3 is 20.3 Å². The maximum Gasteiger partial charge on any atom is 0.305 e. The van der Waals surface area contributed by atoms with Crippen LogP contribution in [-0.2, 0) is 14.3 Å². The number of rotatable bonds is 63. The largest absolute Gasteiger partial charge is 0.466 e. The fourth-order valence-corrected chi connectivity index (χ4v) is 10.6. The molecule has 0 saturated heterocycles. The van der Waals surface area contributed by atoms with E-state index in [0.29, 0.717) is 25.9 Å². The standard InChI is InChI=1S/C68H131NO5/c1-3-5-7-9-11-13-15-17-19-21-22-23-24-25-26-27-28-29-32-36-40-44-48-52-56-60-66(71)65(64-70)69-67(72)61-57-53-49-45-41-37-33-30-31-35-39-43-47-51-55-59-63-74-68(73)62-58-54-50-46-42-38-34-20-18-16-14-12-10-8-6-4-2/h14,16,20,34,65-66,70-71H,3-13,15,17-19,21-33,35-64H2,1-2H3,(H,69,72)/b16-14-,34-20-. The van der Waals surface area contributed by atoms with E-state index < -0.39 is 12.1 Å². The Kier molecular flexibility index (Phi) is 62.4. The molecule has 0 aromatic heterocycles. The number of carbonyl (C=O) groups is 2. The molecule has 2 unspecified atom stereocenters. The van der Waals surface area contributed by atoms with E-state index in [-0.39, 0.29) is 18.5 Å². The van der Waals surface area contributed by atoms with Gasteiger partial charge in [-0.25, -0.2) is 0 Å². The summed E-state index contributed by atoms with van der Waals surface area (Å²) in [4.78, 5) is 24.6. The Morgan fingerprint density at radius 2 is 0.676 bits per heavy atom. The lowest BCUT2D eigenvalue weighted by Crippen LogP contribution is -2.45. The van der Waals surface area contributed by atoms with Crippen LogP contribution in [-0.4, -0.2) is 47.4 Å². The van der Waals surface area contributed by atoms with Gasteiger partial charge >= 0.3 is 5.97 Å². The summed E-state index contributed by atoms with van der Waals surface area (Å²) in [7, 11) is 0. The third-order valence-corrected chi connectivity index (χ3v) is 15.8. The fraction of sp³-hybridized carbons (Fsp3) is 0.912. The van der Waals surface area contributed by atoms with Crippen LogP contribution in [0.15, 0.2) is 24.3 Å². The molecule has 0 spiro atoms. The van der Waals surface area contributed by atoms with Crippen molar-refractivity contribution >= 4 is 11.9 Å². The van der Waals surface area contributed by atoms with Gasteiger partial charge in [0.05, 0.1) is 25.4 Å². The third kappa shape index (κ3) is 59.6. The van der Waals surface area contributed by atoms with Crippen LogP contribution in [0.3, 0.4) is 0 Å². The molecule has 0 rings (SSSR count). The molecule has 0 bridgehead atoms. The Morgan fingerprint density at radius 3 is 1.04 bits per heavy atom. The van der Waals surface area contributed by atoms with Crippen LogP contribution in [0.5, 0.6) is 0 Å². The number of unbranched alkanes of at least 4 members (excludes halogenated alkanes) is 48. The van der Waals surface area contributed by atoms with Crippen LogP contribution < -0.4 is 5.32 Å². The van der Waals surface area contributed by atoms with Crippen molar-refractivity contribution in [1.82, 2.24) is 5.32 Å². The first-order chi connectivity index (χ1) is 36.5. The highest BCUT2D eigenvalue weighted by molar-refractivity contribution is 5.76. The van der Waals surface area contributed by atoms with Crippen molar-refractivity contribution in [2.24, 2.45) is 0 Å². The van der Waals surface area contributed by atoms with Crippen LogP contribution in [0.25, 0.3) is 0 Å². The zero-order valence-electron chi connectivity index (χ0n) is 50.1. The van der Waals surface area contributed by atoms with Gasteiger partial charge in [-0.15, -0.1) is 0 Å². The maximum atomic E-state index is 12.5. The molecule has 6 heteroatoms. The molecule has 74 heavy (non-hydrogen) atoms. The van der Waals surface area contributed by atoms with Crippen molar-refractivity contribution in [3.63, 3.8) is 0 Å². The summed E-state index contributed by atoms with van der Waals surface area (Å²) < 4.78 is 5.48. The number of esters is 1. The quantitative estimate of drug-likeness (QED) is 0.0320. The van der Waals surface area contributed by atoms with E-state index in [1.807, 2.05) is 0 Å². The summed E-state index contributed by atoms with van der Waals surface area (Å²) in [6.45, 7) is 4.95. The Bertz CT molecular complexity index is 1150. The summed E-state index contributed by atoms with van der Waals surface area (Å²) in [5, 5.41) is 23.4. The summed E-state index contributed by atoms with van der Waals surface area (Å²) in [6, 6.07) is -0.549. The number of carbonyl (C=O) groups excluding carboxylic acids is 2. The first kappa shape index (κ1) is 72.3. The van der Waals surface area contributed by atoms with E-state index in [1.54, 1.807) is 0 Å². The minimum atomic E-state index is -0.671. The zero-order chi connectivity index (χ0) is 53.6. The molecule has 438 valence electrons. The minimum Gasteiger partial charge on any atom is -0.466 e. The van der Waals surface area contributed by atoms with Crippen molar-refractivity contribution in [3.8, 4) is 0 Å². The molecule has 0 fully saturated rings. The van der Waals surface area contributed by atoms with Gasteiger partial charge in [0.25, 0.3) is 0 Å². The number of nitrogens with one attached hydrogen (secondary N) is 1. The summed E-state index contributed by atoms with van der Waals surface area (Å²) in [6.07, 6.45) is 79.1. The molecular weight excluding hydrogens is 911 g/mol. The van der Waals surface area contributed by atoms with E-state index in [0.717, 1.165) is 51.4 Å². The van der Waals surface area contributed by atoms with Crippen LogP contribution in [0.2, 0.25) is 0 Å². The Balaban J connectivity index is 3.42. The lowest BCUT2D eigenvalue weighted by Gasteiger charge is -2.22. The second-order valence-electron chi connectivity index (χ2n) is 23.2. The van der Waals surface area contributed by atoms with Crippen LogP contribution in [0.4, 0.5) is 0 Å². The summed E-state index contributed by atoms with van der Waals surface area (Å²) >= 11 is 0. The topological polar surface area (TPSA) is 95.9 Å². The molecule has 0 heterocycles. The number of aliphatic hydroxyl groups excluding tert-OH is 2. The number of hydrogen-bond donors (Lipinski definition) is 3. The Labute approximate surface area is 462 Å². The van der Waals surface area contributed by atoms with Crippen molar-refractivity contribution < 1.29 is 24.5 Å². The highest BCUT2D eigenvalue weighted by Crippen LogP contribution is 2.19. The Hall–Kier alpha value is -1.66. The van der Waals surface area contributed by atoms with Crippen molar-refractivity contribution in [2.75, 3.05) is 13.2 Å². The molecule has 0 aromatic carbocycles. The van der Waals surface area contributed by atoms with Gasteiger partial charge in [0.2, 0.25) is 5.91 Å². The van der Waals surface area contributed by atoms with Crippen LogP contribution in [0.1, 0.15) is 373 Å². The van der Waals surface area contributed by atoms with Crippen LogP contribution >= 0.6 is 0 Å². The predicted molar refractivity (Wildman–Crippen MR) is 324 cm³/mol. The summed E-state index contributed by atoms with van der Waals surface area (Å²) in [5.41, 5.74) is 0. The molecule has 6 nitrogen and oxygen atoms in total. The molecule has 0 aliphatic heterocycles. The molecule has 0 aromatic rings. The predicted octanol–water partition coefficient (Wildman–Crippen LogP) is 21.4. The lowest BCUT2D eigenvalue weighted by atomic mass is 10.0. The minimum absolute atomic E-state index is 0.00909.